The molecular weight excluding hydrogens is 339 g/mol. The summed E-state index contributed by atoms with van der Waals surface area (Å²) in [6, 6.07) is 5.49. The second-order valence-electron chi connectivity index (χ2n) is 4.63. The van der Waals surface area contributed by atoms with Crippen molar-refractivity contribution in [1.82, 2.24) is 9.03 Å². The van der Waals surface area contributed by atoms with Gasteiger partial charge in [-0.15, -0.1) is 0 Å². The molecule has 1 aromatic rings. The van der Waals surface area contributed by atoms with Crippen LogP contribution in [0.5, 0.6) is 0 Å². The molecule has 0 spiro atoms. The van der Waals surface area contributed by atoms with Gasteiger partial charge in [-0.05, 0) is 24.1 Å². The second-order valence-corrected chi connectivity index (χ2v) is 6.25. The molecule has 1 heterocycles. The Bertz CT molecular complexity index is 729. The van der Waals surface area contributed by atoms with Crippen molar-refractivity contribution < 1.29 is 31.5 Å². The number of carbonyl (C=O) groups excluding carboxylic acids is 1. The minimum atomic E-state index is -4.97. The van der Waals surface area contributed by atoms with Crippen molar-refractivity contribution in [2.75, 3.05) is 11.9 Å². The normalized spacial score (nSPS) is 16.7. The Hall–Kier alpha value is -2.43. The number of carbonyl (C=O) groups is 1. The third-order valence-corrected chi connectivity index (χ3v) is 4.27. The van der Waals surface area contributed by atoms with Crippen LogP contribution < -0.4 is 10.0 Å². The van der Waals surface area contributed by atoms with Gasteiger partial charge in [-0.25, -0.2) is 4.72 Å². The maximum atomic E-state index is 12.1. The van der Waals surface area contributed by atoms with E-state index in [4.69, 9.17) is 5.11 Å². The molecule has 126 valence electrons. The minimum absolute atomic E-state index is 0.0240. The molecule has 0 aliphatic carbocycles. The molecule has 0 unspecified atom stereocenters. The SMILES string of the molecule is O=C(Nc1ccc(CCN2C=C(O)NS2(=O)=O)cc1)C(F)(F)F. The molecule has 1 aliphatic rings. The highest BCUT2D eigenvalue weighted by Gasteiger charge is 2.38. The fraction of sp³-hybridized carbons (Fsp3) is 0.250. The lowest BCUT2D eigenvalue weighted by atomic mass is 10.1. The van der Waals surface area contributed by atoms with Gasteiger partial charge < -0.3 is 10.4 Å². The van der Waals surface area contributed by atoms with E-state index < -0.39 is 28.2 Å². The van der Waals surface area contributed by atoms with Gasteiger partial charge in [0.25, 0.3) is 0 Å². The van der Waals surface area contributed by atoms with Crippen molar-refractivity contribution >= 4 is 21.8 Å². The van der Waals surface area contributed by atoms with Gasteiger partial charge in [-0.1, -0.05) is 12.1 Å². The summed E-state index contributed by atoms with van der Waals surface area (Å²) in [4.78, 5) is 10.8. The lowest BCUT2D eigenvalue weighted by Gasteiger charge is -2.14. The van der Waals surface area contributed by atoms with Crippen LogP contribution in [0.2, 0.25) is 0 Å². The minimum Gasteiger partial charge on any atom is -0.493 e. The first kappa shape index (κ1) is 16.9. The predicted molar refractivity (Wildman–Crippen MR) is 74.3 cm³/mol. The summed E-state index contributed by atoms with van der Waals surface area (Å²) in [6.45, 7) is 0.0354. The number of aliphatic hydroxyl groups is 1. The van der Waals surface area contributed by atoms with E-state index in [1.165, 1.54) is 24.3 Å². The molecule has 0 fully saturated rings. The molecule has 3 N–H and O–H groups in total. The van der Waals surface area contributed by atoms with E-state index in [1.54, 1.807) is 5.32 Å². The van der Waals surface area contributed by atoms with Crippen molar-refractivity contribution in [3.05, 3.63) is 41.9 Å². The number of anilines is 1. The molecule has 0 saturated heterocycles. The standard InChI is InChI=1S/C12H12F3N3O4S/c13-12(14,15)11(20)16-9-3-1-8(2-4-9)5-6-18-7-10(19)17-23(18,21)22/h1-4,7,17,19H,5-6H2,(H,16,20). The molecule has 0 radical (unpaired) electrons. The highest BCUT2D eigenvalue weighted by molar-refractivity contribution is 7.87. The summed E-state index contributed by atoms with van der Waals surface area (Å²) in [7, 11) is -3.79. The summed E-state index contributed by atoms with van der Waals surface area (Å²) in [5.41, 5.74) is 0.620. The predicted octanol–water partition coefficient (Wildman–Crippen LogP) is 1.24. The summed E-state index contributed by atoms with van der Waals surface area (Å²) in [5.74, 6) is -2.56. The molecule has 0 aromatic heterocycles. The zero-order valence-electron chi connectivity index (χ0n) is 11.5. The fourth-order valence-electron chi connectivity index (χ4n) is 1.80. The van der Waals surface area contributed by atoms with Gasteiger partial charge in [0.2, 0.25) is 5.88 Å². The summed E-state index contributed by atoms with van der Waals surface area (Å²) in [5, 5.41) is 10.8. The van der Waals surface area contributed by atoms with Gasteiger partial charge in [0.15, 0.2) is 0 Å². The van der Waals surface area contributed by atoms with E-state index in [0.717, 1.165) is 10.5 Å². The van der Waals surface area contributed by atoms with E-state index in [1.807, 2.05) is 4.72 Å². The molecule has 0 atom stereocenters. The van der Waals surface area contributed by atoms with E-state index in [-0.39, 0.29) is 18.7 Å². The number of hydrogen-bond donors (Lipinski definition) is 3. The monoisotopic (exact) mass is 351 g/mol. The Balaban J connectivity index is 1.95. The maximum absolute atomic E-state index is 12.1. The van der Waals surface area contributed by atoms with Gasteiger partial charge in [-0.3, -0.25) is 9.10 Å². The molecule has 23 heavy (non-hydrogen) atoms. The maximum Gasteiger partial charge on any atom is 0.471 e. The molecule has 1 aromatic carbocycles. The van der Waals surface area contributed by atoms with Crippen LogP contribution in [0.15, 0.2) is 36.3 Å². The van der Waals surface area contributed by atoms with Gasteiger partial charge in [0.05, 0.1) is 6.20 Å². The van der Waals surface area contributed by atoms with Crippen molar-refractivity contribution in [3.63, 3.8) is 0 Å². The third-order valence-electron chi connectivity index (χ3n) is 2.90. The number of aliphatic hydroxyl groups excluding tert-OH is 1. The van der Waals surface area contributed by atoms with Gasteiger partial charge >= 0.3 is 22.3 Å². The Morgan fingerprint density at radius 3 is 2.35 bits per heavy atom. The second kappa shape index (κ2) is 5.99. The molecule has 2 rings (SSSR count). The van der Waals surface area contributed by atoms with Crippen LogP contribution in [-0.2, 0) is 21.4 Å². The quantitative estimate of drug-likeness (QED) is 0.760. The zero-order chi connectivity index (χ0) is 17.3. The van der Waals surface area contributed by atoms with Gasteiger partial charge in [0.1, 0.15) is 0 Å². The van der Waals surface area contributed by atoms with Crippen LogP contribution in [0.3, 0.4) is 0 Å². The van der Waals surface area contributed by atoms with Crippen LogP contribution in [0.4, 0.5) is 18.9 Å². The number of amides is 1. The zero-order valence-corrected chi connectivity index (χ0v) is 12.3. The number of rotatable bonds is 4. The molecule has 1 amide bonds. The topological polar surface area (TPSA) is 98.7 Å². The average molecular weight is 351 g/mol. The highest BCUT2D eigenvalue weighted by atomic mass is 32.2. The molecule has 1 aliphatic heterocycles. The molecule has 7 nitrogen and oxygen atoms in total. The largest absolute Gasteiger partial charge is 0.493 e. The Labute approximate surface area is 129 Å². The molecule has 0 saturated carbocycles. The van der Waals surface area contributed by atoms with Crippen LogP contribution in [-0.4, -0.2) is 36.5 Å². The lowest BCUT2D eigenvalue weighted by Crippen LogP contribution is -2.31. The van der Waals surface area contributed by atoms with Crippen LogP contribution in [0, 0.1) is 0 Å². The van der Waals surface area contributed by atoms with E-state index in [9.17, 15) is 26.4 Å². The summed E-state index contributed by atoms with van der Waals surface area (Å²) >= 11 is 0. The van der Waals surface area contributed by atoms with Crippen LogP contribution in [0.25, 0.3) is 0 Å². The highest BCUT2D eigenvalue weighted by Crippen LogP contribution is 2.19. The number of halogens is 3. The Kier molecular flexibility index (Phi) is 4.41. The number of nitrogens with zero attached hydrogens (tertiary/aromatic N) is 1. The summed E-state index contributed by atoms with van der Waals surface area (Å²) < 4.78 is 62.1. The smallest absolute Gasteiger partial charge is 0.471 e. The number of alkyl halides is 3. The van der Waals surface area contributed by atoms with Crippen molar-refractivity contribution in [3.8, 4) is 0 Å². The van der Waals surface area contributed by atoms with E-state index >= 15 is 0 Å². The van der Waals surface area contributed by atoms with E-state index in [0.29, 0.717) is 5.56 Å². The number of benzene rings is 1. The van der Waals surface area contributed by atoms with Crippen molar-refractivity contribution in [2.24, 2.45) is 0 Å². The third kappa shape index (κ3) is 4.28. The van der Waals surface area contributed by atoms with Crippen molar-refractivity contribution in [1.29, 1.82) is 0 Å². The van der Waals surface area contributed by atoms with Crippen molar-refractivity contribution in [2.45, 2.75) is 12.6 Å². The average Bonchev–Trinajstić information content (AvgIpc) is 2.69. The van der Waals surface area contributed by atoms with Gasteiger partial charge in [0, 0.05) is 12.2 Å². The summed E-state index contributed by atoms with van der Waals surface area (Å²) in [6.07, 6.45) is -3.68. The van der Waals surface area contributed by atoms with E-state index in [2.05, 4.69) is 0 Å². The Morgan fingerprint density at radius 1 is 1.26 bits per heavy atom. The first-order chi connectivity index (χ1) is 10.6. The Morgan fingerprint density at radius 2 is 1.87 bits per heavy atom. The molecule has 0 bridgehead atoms. The molecular formula is C12H12F3N3O4S. The van der Waals surface area contributed by atoms with Crippen LogP contribution >= 0.6 is 0 Å². The molecule has 11 heteroatoms. The first-order valence-corrected chi connectivity index (χ1v) is 7.69. The van der Waals surface area contributed by atoms with Crippen LogP contribution in [0.1, 0.15) is 5.56 Å². The number of nitrogens with one attached hydrogen (secondary N) is 2. The van der Waals surface area contributed by atoms with Gasteiger partial charge in [-0.2, -0.15) is 21.6 Å². The number of hydrogen-bond acceptors (Lipinski definition) is 4. The first-order valence-electron chi connectivity index (χ1n) is 6.25. The fourth-order valence-corrected chi connectivity index (χ4v) is 2.81. The lowest BCUT2D eigenvalue weighted by molar-refractivity contribution is -0.167.